The van der Waals surface area contributed by atoms with Gasteiger partial charge in [0.1, 0.15) is 11.2 Å². The summed E-state index contributed by atoms with van der Waals surface area (Å²) in [6, 6.07) is 6.49. The summed E-state index contributed by atoms with van der Waals surface area (Å²) in [7, 11) is 0. The molecule has 0 saturated carbocycles. The monoisotopic (exact) mass is 277 g/mol. The van der Waals surface area contributed by atoms with E-state index in [2.05, 4.69) is 6.07 Å². The maximum absolute atomic E-state index is 14.3. The van der Waals surface area contributed by atoms with Crippen molar-refractivity contribution in [3.8, 4) is 6.07 Å². The zero-order chi connectivity index (χ0) is 14.8. The van der Waals surface area contributed by atoms with E-state index >= 15 is 0 Å². The van der Waals surface area contributed by atoms with Gasteiger partial charge < -0.3 is 9.84 Å². The second-order valence-electron chi connectivity index (χ2n) is 5.03. The molecule has 1 aliphatic rings. The average molecular weight is 277 g/mol. The van der Waals surface area contributed by atoms with Gasteiger partial charge in [0, 0.05) is 12.2 Å². The molecule has 0 spiro atoms. The van der Waals surface area contributed by atoms with Crippen molar-refractivity contribution in [2.75, 3.05) is 13.2 Å². The fourth-order valence-corrected chi connectivity index (χ4v) is 2.61. The number of hydrogen-bond acceptors (Lipinski definition) is 3. The van der Waals surface area contributed by atoms with E-state index in [9.17, 15) is 14.4 Å². The number of benzene rings is 1. The van der Waals surface area contributed by atoms with Crippen molar-refractivity contribution in [2.24, 2.45) is 0 Å². The molecule has 5 heteroatoms. The lowest BCUT2D eigenvalue weighted by Crippen LogP contribution is -2.26. The van der Waals surface area contributed by atoms with Gasteiger partial charge in [-0.1, -0.05) is 19.1 Å². The Hall–Kier alpha value is -1.93. The van der Waals surface area contributed by atoms with Crippen LogP contribution in [0.3, 0.4) is 0 Å². The summed E-state index contributed by atoms with van der Waals surface area (Å²) >= 11 is 0. The van der Waals surface area contributed by atoms with Gasteiger partial charge in [0.15, 0.2) is 0 Å². The Morgan fingerprint density at radius 3 is 2.85 bits per heavy atom. The Balaban J connectivity index is 2.40. The second-order valence-corrected chi connectivity index (χ2v) is 5.03. The summed E-state index contributed by atoms with van der Waals surface area (Å²) in [5.74, 6) is -2.23. The van der Waals surface area contributed by atoms with E-state index in [-0.39, 0.29) is 6.61 Å². The number of aliphatic carboxylic acids is 1. The van der Waals surface area contributed by atoms with Crippen LogP contribution in [0.2, 0.25) is 0 Å². The molecule has 1 heterocycles. The molecule has 0 amide bonds. The largest absolute Gasteiger partial charge is 0.481 e. The summed E-state index contributed by atoms with van der Waals surface area (Å²) in [6.45, 7) is 2.35. The number of ether oxygens (including phenoxy) is 1. The summed E-state index contributed by atoms with van der Waals surface area (Å²) in [5.41, 5.74) is -0.233. The highest BCUT2D eigenvalue weighted by Gasteiger charge is 2.39. The van der Waals surface area contributed by atoms with Gasteiger partial charge in [-0.2, -0.15) is 5.26 Å². The number of nitrogens with zero attached hydrogens (tertiary/aromatic N) is 1. The van der Waals surface area contributed by atoms with Crippen LogP contribution in [0, 0.1) is 17.1 Å². The highest BCUT2D eigenvalue weighted by molar-refractivity contribution is 5.76. The molecule has 0 aliphatic carbocycles. The van der Waals surface area contributed by atoms with Gasteiger partial charge in [0.05, 0.1) is 18.6 Å². The minimum atomic E-state index is -0.973. The molecular formula is C15H16FNO3. The van der Waals surface area contributed by atoms with Gasteiger partial charge in [-0.15, -0.1) is 0 Å². The zero-order valence-electron chi connectivity index (χ0n) is 11.2. The van der Waals surface area contributed by atoms with Gasteiger partial charge in [-0.25, -0.2) is 4.39 Å². The molecule has 4 nitrogen and oxygen atoms in total. The Morgan fingerprint density at radius 2 is 2.40 bits per heavy atom. The normalized spacial score (nSPS) is 23.2. The predicted molar refractivity (Wildman–Crippen MR) is 69.8 cm³/mol. The number of rotatable bonds is 4. The Morgan fingerprint density at radius 1 is 1.65 bits per heavy atom. The zero-order valence-corrected chi connectivity index (χ0v) is 11.2. The van der Waals surface area contributed by atoms with E-state index in [1.165, 1.54) is 12.1 Å². The third kappa shape index (κ3) is 2.39. The Kier molecular flexibility index (Phi) is 4.05. The predicted octanol–water partition coefficient (Wildman–Crippen LogP) is 2.59. The first-order valence-corrected chi connectivity index (χ1v) is 6.56. The van der Waals surface area contributed by atoms with Crippen molar-refractivity contribution in [1.29, 1.82) is 5.26 Å². The number of carboxylic acid groups (broad SMARTS) is 1. The fraction of sp³-hybridized carbons (Fsp3) is 0.467. The topological polar surface area (TPSA) is 70.3 Å². The highest BCUT2D eigenvalue weighted by Crippen LogP contribution is 2.35. The summed E-state index contributed by atoms with van der Waals surface area (Å²) in [5, 5.41) is 18.4. The number of carboxylic acids is 1. The third-order valence-electron chi connectivity index (χ3n) is 3.85. The third-order valence-corrected chi connectivity index (χ3v) is 3.85. The fourth-order valence-electron chi connectivity index (χ4n) is 2.61. The van der Waals surface area contributed by atoms with Crippen molar-refractivity contribution >= 4 is 5.97 Å². The second kappa shape index (κ2) is 5.59. The molecule has 0 bridgehead atoms. The van der Waals surface area contributed by atoms with Crippen molar-refractivity contribution in [3.63, 3.8) is 0 Å². The molecule has 1 N–H and O–H groups in total. The van der Waals surface area contributed by atoms with Crippen LogP contribution in [0.15, 0.2) is 18.2 Å². The maximum atomic E-state index is 14.3. The van der Waals surface area contributed by atoms with Crippen LogP contribution in [0.1, 0.15) is 36.8 Å². The van der Waals surface area contributed by atoms with Gasteiger partial charge in [0.25, 0.3) is 0 Å². The molecule has 2 rings (SSSR count). The number of carbonyl (C=O) groups is 1. The molecule has 2 unspecified atom stereocenters. The lowest BCUT2D eigenvalue weighted by atomic mass is 9.80. The van der Waals surface area contributed by atoms with Crippen molar-refractivity contribution in [1.82, 2.24) is 0 Å². The van der Waals surface area contributed by atoms with Gasteiger partial charge in [0.2, 0.25) is 0 Å². The van der Waals surface area contributed by atoms with E-state index in [0.717, 1.165) is 0 Å². The van der Waals surface area contributed by atoms with Crippen LogP contribution in [-0.4, -0.2) is 24.3 Å². The maximum Gasteiger partial charge on any atom is 0.310 e. The first-order valence-electron chi connectivity index (χ1n) is 6.56. The van der Waals surface area contributed by atoms with Gasteiger partial charge >= 0.3 is 5.97 Å². The average Bonchev–Trinajstić information content (AvgIpc) is 2.89. The lowest BCUT2D eigenvalue weighted by molar-refractivity contribution is -0.138. The van der Waals surface area contributed by atoms with E-state index in [4.69, 9.17) is 9.84 Å². The molecule has 1 aromatic rings. The van der Waals surface area contributed by atoms with Crippen LogP contribution in [-0.2, 0) is 14.9 Å². The SMILES string of the molecule is CCC(C(=O)O)c1ccc(C2(C#N)CCOC2)c(F)c1. The first-order chi connectivity index (χ1) is 9.54. The first kappa shape index (κ1) is 14.5. The van der Waals surface area contributed by atoms with Crippen LogP contribution in [0.5, 0.6) is 0 Å². The highest BCUT2D eigenvalue weighted by atomic mass is 19.1. The quantitative estimate of drug-likeness (QED) is 0.918. The smallest absolute Gasteiger partial charge is 0.310 e. The van der Waals surface area contributed by atoms with E-state index < -0.39 is 23.1 Å². The van der Waals surface area contributed by atoms with Crippen LogP contribution >= 0.6 is 0 Å². The molecule has 1 saturated heterocycles. The molecule has 106 valence electrons. The molecule has 1 aliphatic heterocycles. The van der Waals surface area contributed by atoms with Crippen LogP contribution < -0.4 is 0 Å². The molecule has 20 heavy (non-hydrogen) atoms. The van der Waals surface area contributed by atoms with Gasteiger partial charge in [-0.05, 0) is 24.5 Å². The molecule has 1 aromatic carbocycles. The molecule has 2 atom stereocenters. The van der Waals surface area contributed by atoms with Gasteiger partial charge in [-0.3, -0.25) is 4.79 Å². The summed E-state index contributed by atoms with van der Waals surface area (Å²) in [4.78, 5) is 11.1. The molecule has 1 fully saturated rings. The molecule has 0 radical (unpaired) electrons. The van der Waals surface area contributed by atoms with Crippen molar-refractivity contribution < 1.29 is 19.0 Å². The Labute approximate surface area is 116 Å². The Bertz CT molecular complexity index is 559. The van der Waals surface area contributed by atoms with Crippen LogP contribution in [0.4, 0.5) is 4.39 Å². The number of hydrogen-bond donors (Lipinski definition) is 1. The van der Waals surface area contributed by atoms with Crippen molar-refractivity contribution in [2.45, 2.75) is 31.1 Å². The lowest BCUT2D eigenvalue weighted by Gasteiger charge is -2.21. The minimum Gasteiger partial charge on any atom is -0.481 e. The number of halogens is 1. The number of nitriles is 1. The molecule has 0 aromatic heterocycles. The van der Waals surface area contributed by atoms with E-state index in [0.29, 0.717) is 30.6 Å². The van der Waals surface area contributed by atoms with Crippen molar-refractivity contribution in [3.05, 3.63) is 35.1 Å². The standard InChI is InChI=1S/C15H16FNO3/c1-2-11(14(18)19)10-3-4-12(13(16)7-10)15(8-17)5-6-20-9-15/h3-4,7,11H,2,5-6,9H2,1H3,(H,18,19). The van der Waals surface area contributed by atoms with E-state index in [1.54, 1.807) is 13.0 Å². The summed E-state index contributed by atoms with van der Waals surface area (Å²) in [6.07, 6.45) is 0.844. The van der Waals surface area contributed by atoms with E-state index in [1.807, 2.05) is 0 Å². The minimum absolute atomic E-state index is 0.176. The van der Waals surface area contributed by atoms with Crippen LogP contribution in [0.25, 0.3) is 0 Å². The molecular weight excluding hydrogens is 261 g/mol. The summed E-state index contributed by atoms with van der Waals surface area (Å²) < 4.78 is 19.5.